The van der Waals surface area contributed by atoms with Crippen molar-refractivity contribution in [1.29, 1.82) is 0 Å². The number of amides is 2. The summed E-state index contributed by atoms with van der Waals surface area (Å²) in [5.74, 6) is -0.210. The summed E-state index contributed by atoms with van der Waals surface area (Å²) in [4.78, 5) is 28.0. The van der Waals surface area contributed by atoms with E-state index >= 15 is 0 Å². The molecule has 2 saturated carbocycles. The topological polar surface area (TPSA) is 103 Å². The predicted molar refractivity (Wildman–Crippen MR) is 105 cm³/mol. The molecule has 2 aliphatic rings. The first-order chi connectivity index (χ1) is 14.0. The molecule has 7 nitrogen and oxygen atoms in total. The molecule has 2 aromatic heterocycles. The zero-order chi connectivity index (χ0) is 20.0. The van der Waals surface area contributed by atoms with E-state index in [-0.39, 0.29) is 29.7 Å². The number of nitrogens with zero attached hydrogens (tertiary/aromatic N) is 1. The van der Waals surface area contributed by atoms with Crippen molar-refractivity contribution in [2.24, 2.45) is 0 Å². The monoisotopic (exact) mass is 395 g/mol. The Labute approximate surface area is 166 Å². The van der Waals surface area contributed by atoms with Crippen LogP contribution < -0.4 is 10.6 Å². The SMILES string of the molecule is O=C(N[C@H]1CC[C@@H](NC(=O)c2cc3cc(F)ccc3[nH]2)C1)c1cc(C2CC2)[nH]n1. The first-order valence-corrected chi connectivity index (χ1v) is 10.0. The number of carbonyl (C=O) groups is 2. The fourth-order valence-electron chi connectivity index (χ4n) is 4.05. The quantitative estimate of drug-likeness (QED) is 0.534. The number of hydrogen-bond acceptors (Lipinski definition) is 3. The highest BCUT2D eigenvalue weighted by molar-refractivity contribution is 5.98. The van der Waals surface area contributed by atoms with Gasteiger partial charge in [-0.2, -0.15) is 5.10 Å². The Balaban J connectivity index is 1.16. The lowest BCUT2D eigenvalue weighted by Gasteiger charge is -2.14. The van der Waals surface area contributed by atoms with Gasteiger partial charge >= 0.3 is 0 Å². The molecule has 2 fully saturated rings. The van der Waals surface area contributed by atoms with E-state index in [2.05, 4.69) is 25.8 Å². The van der Waals surface area contributed by atoms with Crippen molar-refractivity contribution in [2.45, 2.75) is 50.1 Å². The maximum atomic E-state index is 13.3. The number of carbonyl (C=O) groups excluding carboxylic acids is 2. The van der Waals surface area contributed by atoms with Crippen molar-refractivity contribution in [3.8, 4) is 0 Å². The van der Waals surface area contributed by atoms with Crippen LogP contribution in [0.5, 0.6) is 0 Å². The number of fused-ring (bicyclic) bond motifs is 1. The molecule has 5 rings (SSSR count). The van der Waals surface area contributed by atoms with Crippen molar-refractivity contribution >= 4 is 22.7 Å². The van der Waals surface area contributed by atoms with Crippen LogP contribution in [0.2, 0.25) is 0 Å². The maximum Gasteiger partial charge on any atom is 0.271 e. The average Bonchev–Trinajstić information content (AvgIpc) is 3.09. The molecule has 0 aliphatic heterocycles. The highest BCUT2D eigenvalue weighted by Gasteiger charge is 2.30. The first kappa shape index (κ1) is 17.9. The fraction of sp³-hybridized carbons (Fsp3) is 0.381. The van der Waals surface area contributed by atoms with Gasteiger partial charge in [0.05, 0.1) is 0 Å². The molecule has 150 valence electrons. The van der Waals surface area contributed by atoms with Crippen LogP contribution >= 0.6 is 0 Å². The number of nitrogens with one attached hydrogen (secondary N) is 4. The van der Waals surface area contributed by atoms with E-state index in [1.165, 1.54) is 12.1 Å². The van der Waals surface area contributed by atoms with Crippen molar-refractivity contribution in [3.63, 3.8) is 0 Å². The summed E-state index contributed by atoms with van der Waals surface area (Å²) in [6, 6.07) is 7.84. The molecule has 4 N–H and O–H groups in total. The molecule has 0 unspecified atom stereocenters. The van der Waals surface area contributed by atoms with Crippen LogP contribution in [0.15, 0.2) is 30.3 Å². The van der Waals surface area contributed by atoms with Gasteiger partial charge in [-0.1, -0.05) is 0 Å². The molecule has 0 saturated heterocycles. The van der Waals surface area contributed by atoms with Crippen LogP contribution in [0.4, 0.5) is 4.39 Å². The number of halogens is 1. The normalized spacial score (nSPS) is 21.4. The van der Waals surface area contributed by atoms with E-state index in [0.29, 0.717) is 29.1 Å². The van der Waals surface area contributed by atoms with Crippen LogP contribution in [0.25, 0.3) is 10.9 Å². The van der Waals surface area contributed by atoms with Gasteiger partial charge < -0.3 is 15.6 Å². The molecule has 2 aliphatic carbocycles. The third-order valence-electron chi connectivity index (χ3n) is 5.78. The van der Waals surface area contributed by atoms with Crippen LogP contribution in [-0.2, 0) is 0 Å². The Hall–Kier alpha value is -3.16. The molecule has 0 radical (unpaired) electrons. The van der Waals surface area contributed by atoms with E-state index < -0.39 is 0 Å². The van der Waals surface area contributed by atoms with Gasteiger partial charge in [0.1, 0.15) is 17.2 Å². The standard InChI is InChI=1S/C21H22FN5O2/c22-13-3-6-16-12(7-13)8-18(25-16)20(28)23-14-4-5-15(9-14)24-21(29)19-10-17(26-27-19)11-1-2-11/h3,6-8,10-11,14-15,25H,1-2,4-5,9H2,(H,23,28)(H,24,29)(H,26,27)/t14-,15+/m1/s1. The number of H-pyrrole nitrogens is 2. The second-order valence-electron chi connectivity index (χ2n) is 8.05. The van der Waals surface area contributed by atoms with Crippen molar-refractivity contribution < 1.29 is 14.0 Å². The molecule has 0 bridgehead atoms. The molecule has 3 aromatic rings. The Morgan fingerprint density at radius 1 is 1.00 bits per heavy atom. The average molecular weight is 395 g/mol. The Morgan fingerprint density at radius 2 is 1.76 bits per heavy atom. The number of aromatic nitrogens is 3. The summed E-state index contributed by atoms with van der Waals surface area (Å²) in [6.45, 7) is 0. The third kappa shape index (κ3) is 3.74. The van der Waals surface area contributed by atoms with Crippen molar-refractivity contribution in [1.82, 2.24) is 25.8 Å². The summed E-state index contributed by atoms with van der Waals surface area (Å²) in [5.41, 5.74) is 2.58. The Bertz CT molecular complexity index is 1080. The second kappa shape index (κ2) is 7.02. The minimum absolute atomic E-state index is 0.00526. The van der Waals surface area contributed by atoms with Gasteiger partial charge in [0.15, 0.2) is 0 Å². The summed E-state index contributed by atoms with van der Waals surface area (Å²) in [5, 5.41) is 13.7. The molecular weight excluding hydrogens is 373 g/mol. The van der Waals surface area contributed by atoms with Crippen LogP contribution in [0, 0.1) is 5.82 Å². The second-order valence-corrected chi connectivity index (χ2v) is 8.05. The zero-order valence-corrected chi connectivity index (χ0v) is 15.8. The largest absolute Gasteiger partial charge is 0.351 e. The van der Waals surface area contributed by atoms with Gasteiger partial charge in [0, 0.05) is 34.6 Å². The van der Waals surface area contributed by atoms with Crippen LogP contribution in [-0.4, -0.2) is 39.1 Å². The molecule has 1 aromatic carbocycles. The summed E-state index contributed by atoms with van der Waals surface area (Å²) in [7, 11) is 0. The fourth-order valence-corrected chi connectivity index (χ4v) is 4.05. The number of hydrogen-bond donors (Lipinski definition) is 4. The third-order valence-corrected chi connectivity index (χ3v) is 5.78. The zero-order valence-electron chi connectivity index (χ0n) is 15.8. The minimum atomic E-state index is -0.334. The molecule has 2 atom stereocenters. The minimum Gasteiger partial charge on any atom is -0.351 e. The number of benzene rings is 1. The summed E-state index contributed by atoms with van der Waals surface area (Å²) in [6.07, 6.45) is 4.57. The van der Waals surface area contributed by atoms with Crippen molar-refractivity contribution in [2.75, 3.05) is 0 Å². The van der Waals surface area contributed by atoms with Gasteiger partial charge in [0.2, 0.25) is 0 Å². The first-order valence-electron chi connectivity index (χ1n) is 10.0. The van der Waals surface area contributed by atoms with E-state index in [1.807, 2.05) is 6.07 Å². The highest BCUT2D eigenvalue weighted by atomic mass is 19.1. The molecule has 29 heavy (non-hydrogen) atoms. The van der Waals surface area contributed by atoms with Gasteiger partial charge in [0.25, 0.3) is 11.8 Å². The van der Waals surface area contributed by atoms with Crippen LogP contribution in [0.3, 0.4) is 0 Å². The lowest BCUT2D eigenvalue weighted by molar-refractivity contribution is 0.0931. The maximum absolute atomic E-state index is 13.3. The van der Waals surface area contributed by atoms with Gasteiger partial charge in [-0.05, 0) is 62.4 Å². The molecule has 2 amide bonds. The van der Waals surface area contributed by atoms with Gasteiger partial charge in [-0.25, -0.2) is 4.39 Å². The summed E-state index contributed by atoms with van der Waals surface area (Å²) < 4.78 is 13.3. The van der Waals surface area contributed by atoms with Gasteiger partial charge in [-0.3, -0.25) is 14.7 Å². The summed E-state index contributed by atoms with van der Waals surface area (Å²) >= 11 is 0. The van der Waals surface area contributed by atoms with Crippen molar-refractivity contribution in [3.05, 3.63) is 53.2 Å². The molecule has 0 spiro atoms. The Morgan fingerprint density at radius 3 is 2.52 bits per heavy atom. The highest BCUT2D eigenvalue weighted by Crippen LogP contribution is 2.39. The van der Waals surface area contributed by atoms with Gasteiger partial charge in [-0.15, -0.1) is 0 Å². The van der Waals surface area contributed by atoms with Crippen LogP contribution in [0.1, 0.15) is 64.7 Å². The molecular formula is C21H22FN5O2. The van der Waals surface area contributed by atoms with E-state index in [4.69, 9.17) is 0 Å². The van der Waals surface area contributed by atoms with E-state index in [0.717, 1.165) is 36.9 Å². The number of rotatable bonds is 5. The molecule has 2 heterocycles. The smallest absolute Gasteiger partial charge is 0.271 e. The predicted octanol–water partition coefficient (Wildman–Crippen LogP) is 2.99. The lowest BCUT2D eigenvalue weighted by atomic mass is 10.2. The lowest BCUT2D eigenvalue weighted by Crippen LogP contribution is -2.37. The Kier molecular flexibility index (Phi) is 4.34. The van der Waals surface area contributed by atoms with E-state index in [9.17, 15) is 14.0 Å². The molecule has 8 heteroatoms. The van der Waals surface area contributed by atoms with E-state index in [1.54, 1.807) is 12.1 Å². The number of aromatic amines is 2.